The molecular weight excluding hydrogens is 211 g/mol. The van der Waals surface area contributed by atoms with Crippen LogP contribution in [-0.2, 0) is 0 Å². The molecule has 0 radical (unpaired) electrons. The van der Waals surface area contributed by atoms with E-state index in [1.807, 2.05) is 12.2 Å². The van der Waals surface area contributed by atoms with Gasteiger partial charge in [0.2, 0.25) is 0 Å². The largest absolute Gasteiger partial charge is 0.0918 e. The standard InChI is InChI=1S/C7H7I/c1-6-2-4-7(8)5-3-6/h2-5,7H,1H2. The van der Waals surface area contributed by atoms with Gasteiger partial charge in [-0.25, -0.2) is 0 Å². The van der Waals surface area contributed by atoms with E-state index in [0.29, 0.717) is 3.92 Å². The second-order valence-corrected chi connectivity index (χ2v) is 3.18. The van der Waals surface area contributed by atoms with E-state index in [1.165, 1.54) is 0 Å². The molecular formula is C7H7I. The molecule has 1 heteroatoms. The lowest BCUT2D eigenvalue weighted by Crippen LogP contribution is -1.89. The summed E-state index contributed by atoms with van der Waals surface area (Å²) in [7, 11) is 0. The van der Waals surface area contributed by atoms with Crippen LogP contribution in [0.1, 0.15) is 0 Å². The molecule has 1 aliphatic carbocycles. The molecule has 0 bridgehead atoms. The Hall–Kier alpha value is -0.0500. The molecule has 0 aromatic carbocycles. The minimum absolute atomic E-state index is 0.568. The van der Waals surface area contributed by atoms with E-state index in [-0.39, 0.29) is 0 Å². The molecule has 1 rings (SSSR count). The van der Waals surface area contributed by atoms with Crippen molar-refractivity contribution in [2.75, 3.05) is 0 Å². The highest BCUT2D eigenvalue weighted by atomic mass is 127. The fraction of sp³-hybridized carbons (Fsp3) is 0.143. The average molecular weight is 218 g/mol. The van der Waals surface area contributed by atoms with E-state index in [0.717, 1.165) is 5.57 Å². The summed E-state index contributed by atoms with van der Waals surface area (Å²) in [5, 5.41) is 0. The van der Waals surface area contributed by atoms with Crippen LogP contribution in [0.3, 0.4) is 0 Å². The first-order chi connectivity index (χ1) is 3.79. The molecule has 42 valence electrons. The van der Waals surface area contributed by atoms with Crippen LogP contribution in [0, 0.1) is 0 Å². The third kappa shape index (κ3) is 1.47. The summed E-state index contributed by atoms with van der Waals surface area (Å²) in [6.07, 6.45) is 8.33. The molecule has 0 amide bonds. The molecule has 0 fully saturated rings. The van der Waals surface area contributed by atoms with E-state index in [9.17, 15) is 0 Å². The van der Waals surface area contributed by atoms with Crippen molar-refractivity contribution < 1.29 is 0 Å². The minimum atomic E-state index is 0.568. The molecule has 0 nitrogen and oxygen atoms in total. The van der Waals surface area contributed by atoms with Crippen LogP contribution in [-0.4, -0.2) is 3.92 Å². The number of allylic oxidation sites excluding steroid dienone is 5. The first kappa shape index (κ1) is 6.08. The zero-order valence-electron chi connectivity index (χ0n) is 4.47. The van der Waals surface area contributed by atoms with Crippen molar-refractivity contribution in [3.63, 3.8) is 0 Å². The second-order valence-electron chi connectivity index (χ2n) is 1.74. The molecule has 0 heterocycles. The van der Waals surface area contributed by atoms with E-state index in [2.05, 4.69) is 41.3 Å². The van der Waals surface area contributed by atoms with Crippen LogP contribution in [0.15, 0.2) is 36.5 Å². The lowest BCUT2D eigenvalue weighted by atomic mass is 10.1. The maximum Gasteiger partial charge on any atom is 0.0476 e. The maximum atomic E-state index is 3.77. The van der Waals surface area contributed by atoms with Gasteiger partial charge in [0.15, 0.2) is 0 Å². The molecule has 0 atom stereocenters. The third-order valence-electron chi connectivity index (χ3n) is 0.988. The minimum Gasteiger partial charge on any atom is -0.0918 e. The van der Waals surface area contributed by atoms with Crippen LogP contribution >= 0.6 is 22.6 Å². The molecule has 0 spiro atoms. The third-order valence-corrected chi connectivity index (χ3v) is 1.82. The Balaban J connectivity index is 2.68. The van der Waals surface area contributed by atoms with Gasteiger partial charge in [-0.1, -0.05) is 53.5 Å². The molecule has 0 aromatic rings. The van der Waals surface area contributed by atoms with Crippen molar-refractivity contribution >= 4 is 22.6 Å². The molecule has 0 saturated carbocycles. The van der Waals surface area contributed by atoms with Gasteiger partial charge in [-0.2, -0.15) is 0 Å². The second kappa shape index (κ2) is 2.49. The Labute approximate surface area is 63.1 Å². The lowest BCUT2D eigenvalue weighted by molar-refractivity contribution is 1.41. The zero-order valence-corrected chi connectivity index (χ0v) is 6.63. The summed E-state index contributed by atoms with van der Waals surface area (Å²) < 4.78 is 0.568. The van der Waals surface area contributed by atoms with Crippen molar-refractivity contribution in [1.82, 2.24) is 0 Å². The van der Waals surface area contributed by atoms with Crippen molar-refractivity contribution in [3.8, 4) is 0 Å². The quantitative estimate of drug-likeness (QED) is 0.432. The Morgan fingerprint density at radius 3 is 2.25 bits per heavy atom. The van der Waals surface area contributed by atoms with Gasteiger partial charge in [0.25, 0.3) is 0 Å². The van der Waals surface area contributed by atoms with Crippen molar-refractivity contribution in [2.24, 2.45) is 0 Å². The van der Waals surface area contributed by atoms with Crippen molar-refractivity contribution in [1.29, 1.82) is 0 Å². The van der Waals surface area contributed by atoms with Crippen molar-refractivity contribution in [2.45, 2.75) is 3.92 Å². The fourth-order valence-corrected chi connectivity index (χ4v) is 0.966. The first-order valence-electron chi connectivity index (χ1n) is 2.48. The van der Waals surface area contributed by atoms with E-state index in [1.54, 1.807) is 0 Å². The molecule has 0 aromatic heterocycles. The summed E-state index contributed by atoms with van der Waals surface area (Å²) >= 11 is 2.35. The normalized spacial score (nSPS) is 19.9. The maximum absolute atomic E-state index is 3.77. The Bertz CT molecular complexity index is 138. The highest BCUT2D eigenvalue weighted by Gasteiger charge is 1.95. The molecule has 0 aliphatic heterocycles. The average Bonchev–Trinajstić information content (AvgIpc) is 1.77. The summed E-state index contributed by atoms with van der Waals surface area (Å²) in [5.41, 5.74) is 1.10. The van der Waals surface area contributed by atoms with Gasteiger partial charge < -0.3 is 0 Å². The Kier molecular flexibility index (Phi) is 1.89. The van der Waals surface area contributed by atoms with Crippen LogP contribution in [0.5, 0.6) is 0 Å². The van der Waals surface area contributed by atoms with Crippen LogP contribution in [0.25, 0.3) is 0 Å². The predicted molar refractivity (Wildman–Crippen MR) is 45.2 cm³/mol. The van der Waals surface area contributed by atoms with E-state index in [4.69, 9.17) is 0 Å². The predicted octanol–water partition coefficient (Wildman–Crippen LogP) is 2.47. The number of halogens is 1. The summed E-state index contributed by atoms with van der Waals surface area (Å²) in [4.78, 5) is 0. The topological polar surface area (TPSA) is 0 Å². The van der Waals surface area contributed by atoms with E-state index >= 15 is 0 Å². The monoisotopic (exact) mass is 218 g/mol. The van der Waals surface area contributed by atoms with E-state index < -0.39 is 0 Å². The van der Waals surface area contributed by atoms with Gasteiger partial charge in [0.1, 0.15) is 0 Å². The van der Waals surface area contributed by atoms with Gasteiger partial charge in [0.05, 0.1) is 0 Å². The highest BCUT2D eigenvalue weighted by molar-refractivity contribution is 14.1. The van der Waals surface area contributed by atoms with Crippen LogP contribution in [0.2, 0.25) is 0 Å². The summed E-state index contributed by atoms with van der Waals surface area (Å²) in [5.74, 6) is 0. The number of hydrogen-bond donors (Lipinski definition) is 0. The van der Waals surface area contributed by atoms with Gasteiger partial charge >= 0.3 is 0 Å². The van der Waals surface area contributed by atoms with Crippen LogP contribution < -0.4 is 0 Å². The molecule has 1 aliphatic rings. The lowest BCUT2D eigenvalue weighted by Gasteiger charge is -2.01. The Morgan fingerprint density at radius 2 is 1.88 bits per heavy atom. The summed E-state index contributed by atoms with van der Waals surface area (Å²) in [6.45, 7) is 3.77. The fourth-order valence-electron chi connectivity index (χ4n) is 0.551. The van der Waals surface area contributed by atoms with Gasteiger partial charge in [-0.15, -0.1) is 0 Å². The SMILES string of the molecule is C=C1C=CC(I)C=C1. The molecule has 8 heavy (non-hydrogen) atoms. The number of rotatable bonds is 0. The summed E-state index contributed by atoms with van der Waals surface area (Å²) in [6, 6.07) is 0. The first-order valence-corrected chi connectivity index (χ1v) is 3.73. The van der Waals surface area contributed by atoms with Gasteiger partial charge in [-0.05, 0) is 5.57 Å². The van der Waals surface area contributed by atoms with Gasteiger partial charge in [0, 0.05) is 3.92 Å². The van der Waals surface area contributed by atoms with Crippen molar-refractivity contribution in [3.05, 3.63) is 36.5 Å². The number of alkyl halides is 1. The zero-order chi connectivity index (χ0) is 5.98. The van der Waals surface area contributed by atoms with Gasteiger partial charge in [-0.3, -0.25) is 0 Å². The number of hydrogen-bond acceptors (Lipinski definition) is 0. The molecule has 0 saturated heterocycles. The molecule has 0 N–H and O–H groups in total. The molecule has 0 unspecified atom stereocenters. The van der Waals surface area contributed by atoms with Crippen LogP contribution in [0.4, 0.5) is 0 Å². The smallest absolute Gasteiger partial charge is 0.0476 e. The highest BCUT2D eigenvalue weighted by Crippen LogP contribution is 2.12. The Morgan fingerprint density at radius 1 is 1.38 bits per heavy atom.